The van der Waals surface area contributed by atoms with Gasteiger partial charge in [-0.25, -0.2) is 5.01 Å². The fourth-order valence-corrected chi connectivity index (χ4v) is 6.51. The van der Waals surface area contributed by atoms with Gasteiger partial charge in [-0.1, -0.05) is 66.7 Å². The molecule has 0 fully saturated rings. The minimum Gasteiger partial charge on any atom is -0.481 e. The second-order valence-corrected chi connectivity index (χ2v) is 12.8. The second kappa shape index (κ2) is 19.3. The van der Waals surface area contributed by atoms with Crippen LogP contribution in [0.4, 0.5) is 0 Å². The molecule has 3 aromatic carbocycles. The lowest BCUT2D eigenvalue weighted by molar-refractivity contribution is -0.264. The number of carboxylic acid groups (broad SMARTS) is 1. The number of benzene rings is 3. The van der Waals surface area contributed by atoms with Crippen LogP contribution < -0.4 is 16.4 Å². The Labute approximate surface area is 304 Å². The van der Waals surface area contributed by atoms with Crippen molar-refractivity contribution in [3.05, 3.63) is 95.7 Å². The molecule has 1 heterocycles. The molecule has 1 aliphatic rings. The van der Waals surface area contributed by atoms with Crippen molar-refractivity contribution >= 4 is 28.7 Å². The minimum atomic E-state index is -1.05. The number of aromatic nitrogens is 1. The van der Waals surface area contributed by atoms with Crippen LogP contribution in [-0.2, 0) is 41.8 Å². The van der Waals surface area contributed by atoms with Gasteiger partial charge in [0.25, 0.3) is 0 Å². The zero-order valence-corrected chi connectivity index (χ0v) is 30.0. The predicted octanol–water partition coefficient (Wildman–Crippen LogP) is 3.51. The van der Waals surface area contributed by atoms with Gasteiger partial charge < -0.3 is 35.5 Å². The quantitative estimate of drug-likeness (QED) is 0.0701. The molecular formula is C39H50N6O7. The second-order valence-electron chi connectivity index (χ2n) is 12.8. The average Bonchev–Trinajstić information content (AvgIpc) is 3.66. The van der Waals surface area contributed by atoms with E-state index in [0.29, 0.717) is 46.1 Å². The number of carboxylic acids is 1. The number of para-hydroxylation sites is 1. The van der Waals surface area contributed by atoms with E-state index in [0.717, 1.165) is 16.6 Å². The van der Waals surface area contributed by atoms with Crippen LogP contribution in [0.15, 0.2) is 78.9 Å². The lowest BCUT2D eigenvalue weighted by atomic mass is 9.98. The molecular weight excluding hydrogens is 664 g/mol. The summed E-state index contributed by atoms with van der Waals surface area (Å²) < 4.78 is 12.8. The van der Waals surface area contributed by atoms with Crippen LogP contribution in [-0.4, -0.2) is 104 Å². The topological polar surface area (TPSA) is 161 Å². The van der Waals surface area contributed by atoms with E-state index >= 15 is 0 Å². The number of hydrogen-bond donors (Lipinski definition) is 4. The Morgan fingerprint density at radius 2 is 1.54 bits per heavy atom. The largest absolute Gasteiger partial charge is 0.481 e. The lowest BCUT2D eigenvalue weighted by Crippen LogP contribution is -2.47. The highest BCUT2D eigenvalue weighted by Gasteiger charge is 2.29. The zero-order valence-electron chi connectivity index (χ0n) is 30.0. The fourth-order valence-electron chi connectivity index (χ4n) is 6.51. The van der Waals surface area contributed by atoms with Crippen LogP contribution in [0.3, 0.4) is 0 Å². The minimum absolute atomic E-state index is 0.0342. The van der Waals surface area contributed by atoms with Crippen molar-refractivity contribution in [1.82, 2.24) is 25.4 Å². The SMILES string of the molecule is CN(Cc1cc2ccccc2n1CCC(=O)N[C@@H](CCC(=O)O)C(=O)NCCOCCOCCN)N(C)OCC1c2ccccc2-c2ccccc21. The van der Waals surface area contributed by atoms with Gasteiger partial charge in [-0.05, 0) is 46.2 Å². The third-order valence-corrected chi connectivity index (χ3v) is 9.20. The number of aryl methyl sites for hydroxylation is 1. The van der Waals surface area contributed by atoms with E-state index in [1.54, 1.807) is 5.17 Å². The van der Waals surface area contributed by atoms with Gasteiger partial charge >= 0.3 is 5.97 Å². The number of fused-ring (bicyclic) bond motifs is 4. The van der Waals surface area contributed by atoms with Gasteiger partial charge in [-0.2, -0.15) is 0 Å². The summed E-state index contributed by atoms with van der Waals surface area (Å²) in [4.78, 5) is 43.8. The van der Waals surface area contributed by atoms with E-state index in [1.807, 2.05) is 43.4 Å². The Kier molecular flexibility index (Phi) is 14.3. The van der Waals surface area contributed by atoms with E-state index in [-0.39, 0.29) is 44.2 Å². The van der Waals surface area contributed by atoms with E-state index < -0.39 is 17.9 Å². The normalized spacial score (nSPS) is 13.0. The molecule has 0 saturated carbocycles. The summed E-state index contributed by atoms with van der Waals surface area (Å²) in [6, 6.07) is 26.0. The maximum absolute atomic E-state index is 13.2. The molecule has 1 aromatic heterocycles. The average molecular weight is 715 g/mol. The van der Waals surface area contributed by atoms with Gasteiger partial charge in [0.1, 0.15) is 6.04 Å². The molecule has 1 atom stereocenters. The molecule has 0 radical (unpaired) electrons. The number of ether oxygens (including phenoxy) is 2. The van der Waals surface area contributed by atoms with Gasteiger partial charge in [0.05, 0.1) is 39.6 Å². The molecule has 5 rings (SSSR count). The highest BCUT2D eigenvalue weighted by Crippen LogP contribution is 2.44. The third kappa shape index (κ3) is 10.2. The van der Waals surface area contributed by atoms with Crippen LogP contribution in [0.1, 0.15) is 42.0 Å². The van der Waals surface area contributed by atoms with Crippen LogP contribution in [0, 0.1) is 0 Å². The summed E-state index contributed by atoms with van der Waals surface area (Å²) in [7, 11) is 3.84. The fraction of sp³-hybridized carbons (Fsp3) is 0.410. The first-order valence-corrected chi connectivity index (χ1v) is 17.7. The Morgan fingerprint density at radius 3 is 2.23 bits per heavy atom. The predicted molar refractivity (Wildman–Crippen MR) is 198 cm³/mol. The monoisotopic (exact) mass is 714 g/mol. The smallest absolute Gasteiger partial charge is 0.303 e. The van der Waals surface area contributed by atoms with E-state index in [9.17, 15) is 19.5 Å². The summed E-state index contributed by atoms with van der Waals surface area (Å²) in [5, 5.41) is 19.5. The first-order valence-electron chi connectivity index (χ1n) is 17.7. The zero-order chi connectivity index (χ0) is 36.9. The molecule has 5 N–H and O–H groups in total. The number of hydroxylamine groups is 1. The van der Waals surface area contributed by atoms with Crippen LogP contribution in [0.2, 0.25) is 0 Å². The number of nitrogens with one attached hydrogen (secondary N) is 2. The van der Waals surface area contributed by atoms with Gasteiger partial charge in [0, 0.05) is 63.7 Å². The Hall–Kier alpha value is -4.63. The molecule has 13 nitrogen and oxygen atoms in total. The van der Waals surface area contributed by atoms with Crippen molar-refractivity contribution in [3.8, 4) is 11.1 Å². The molecule has 0 aliphatic heterocycles. The molecule has 0 bridgehead atoms. The van der Waals surface area contributed by atoms with Crippen LogP contribution >= 0.6 is 0 Å². The highest BCUT2D eigenvalue weighted by atomic mass is 16.7. The number of hydrogen-bond acceptors (Lipinski definition) is 9. The number of nitrogens with zero attached hydrogens (tertiary/aromatic N) is 3. The molecule has 52 heavy (non-hydrogen) atoms. The Morgan fingerprint density at radius 1 is 0.885 bits per heavy atom. The summed E-state index contributed by atoms with van der Waals surface area (Å²) >= 11 is 0. The first-order chi connectivity index (χ1) is 25.3. The molecule has 2 amide bonds. The maximum atomic E-state index is 13.2. The van der Waals surface area contributed by atoms with Gasteiger partial charge in [-0.15, -0.1) is 5.17 Å². The molecule has 13 heteroatoms. The van der Waals surface area contributed by atoms with Crippen molar-refractivity contribution in [3.63, 3.8) is 0 Å². The number of rotatable bonds is 22. The van der Waals surface area contributed by atoms with Gasteiger partial charge in [0.15, 0.2) is 0 Å². The van der Waals surface area contributed by atoms with Crippen molar-refractivity contribution in [2.75, 3.05) is 60.2 Å². The molecule has 4 aromatic rings. The van der Waals surface area contributed by atoms with E-state index in [2.05, 4.69) is 69.8 Å². The molecule has 1 aliphatic carbocycles. The maximum Gasteiger partial charge on any atom is 0.303 e. The molecule has 278 valence electrons. The lowest BCUT2D eigenvalue weighted by Gasteiger charge is -2.29. The summed E-state index contributed by atoms with van der Waals surface area (Å²) in [5.74, 6) is -1.74. The Bertz CT molecular complexity index is 1750. The Balaban J connectivity index is 1.17. The highest BCUT2D eigenvalue weighted by molar-refractivity contribution is 5.88. The van der Waals surface area contributed by atoms with Gasteiger partial charge in [-0.3, -0.25) is 19.2 Å². The number of nitrogens with two attached hydrogens (primary N) is 1. The number of carbonyl (C=O) groups is 3. The van der Waals surface area contributed by atoms with Crippen LogP contribution in [0.5, 0.6) is 0 Å². The first kappa shape index (κ1) is 38.6. The van der Waals surface area contributed by atoms with E-state index in [1.165, 1.54) is 22.3 Å². The number of hydrazine groups is 1. The standard InChI is InChI=1S/C39H50N6O7/c1-43(44(2)52-27-34-32-12-6-4-10-30(32)31-11-5-7-13-33(31)34)26-29-25-28-9-3-8-14-36(28)45(29)20-17-37(46)42-35(15-16-38(47)48)39(49)41-19-22-51-24-23-50-21-18-40/h3-14,25,34-35H,15-24,26-27,40H2,1-2H3,(H,41,49)(H,42,46)(H,47,48)/t35-/m0/s1. The van der Waals surface area contributed by atoms with Crippen molar-refractivity contribution < 1.29 is 33.8 Å². The third-order valence-electron chi connectivity index (χ3n) is 9.20. The number of carbonyl (C=O) groups excluding carboxylic acids is 2. The van der Waals surface area contributed by atoms with Crippen molar-refractivity contribution in [2.45, 2.75) is 44.3 Å². The van der Waals surface area contributed by atoms with Crippen LogP contribution in [0.25, 0.3) is 22.0 Å². The summed E-state index contributed by atoms with van der Waals surface area (Å²) in [6.07, 6.45) is -0.208. The number of aliphatic carboxylic acids is 1. The number of amides is 2. The molecule has 0 unspecified atom stereocenters. The van der Waals surface area contributed by atoms with Gasteiger partial charge in [0.2, 0.25) is 11.8 Å². The van der Waals surface area contributed by atoms with Crippen molar-refractivity contribution in [1.29, 1.82) is 0 Å². The summed E-state index contributed by atoms with van der Waals surface area (Å²) in [5.41, 5.74) is 12.4. The van der Waals surface area contributed by atoms with E-state index in [4.69, 9.17) is 20.0 Å². The van der Waals surface area contributed by atoms with Crippen molar-refractivity contribution in [2.24, 2.45) is 5.73 Å². The summed E-state index contributed by atoms with van der Waals surface area (Å²) in [6.45, 7) is 3.43. The molecule has 0 saturated heterocycles. The molecule has 0 spiro atoms.